The minimum atomic E-state index is -0.761. The van der Waals surface area contributed by atoms with Crippen LogP contribution in [0.3, 0.4) is 0 Å². The molecule has 1 atom stereocenters. The number of primary amides is 1. The van der Waals surface area contributed by atoms with Gasteiger partial charge >= 0.3 is 0 Å². The Morgan fingerprint density at radius 3 is 2.74 bits per heavy atom. The van der Waals surface area contributed by atoms with Crippen LogP contribution in [0.5, 0.6) is 0 Å². The molecule has 1 aliphatic rings. The zero-order valence-electron chi connectivity index (χ0n) is 10.2. The quantitative estimate of drug-likeness (QED) is 0.888. The summed E-state index contributed by atoms with van der Waals surface area (Å²) in [5.41, 5.74) is 5.33. The van der Waals surface area contributed by atoms with Gasteiger partial charge in [-0.3, -0.25) is 9.59 Å². The second-order valence-electron chi connectivity index (χ2n) is 4.56. The largest absolute Gasteiger partial charge is 0.368 e. The first kappa shape index (κ1) is 13.5. The second kappa shape index (κ2) is 5.34. The first-order valence-corrected chi connectivity index (χ1v) is 6.01. The van der Waals surface area contributed by atoms with Crippen molar-refractivity contribution in [1.29, 1.82) is 0 Å². The van der Waals surface area contributed by atoms with Gasteiger partial charge in [0.15, 0.2) is 0 Å². The second-order valence-corrected chi connectivity index (χ2v) is 4.56. The molecule has 19 heavy (non-hydrogen) atoms. The van der Waals surface area contributed by atoms with Gasteiger partial charge in [-0.2, -0.15) is 0 Å². The van der Waals surface area contributed by atoms with E-state index in [9.17, 15) is 18.4 Å². The smallest absolute Gasteiger partial charge is 0.240 e. The number of hydrogen-bond donors (Lipinski definition) is 1. The van der Waals surface area contributed by atoms with Crippen LogP contribution in [-0.2, 0) is 16.0 Å². The first-order chi connectivity index (χ1) is 8.99. The lowest BCUT2D eigenvalue weighted by molar-refractivity contribution is -0.136. The average molecular weight is 268 g/mol. The minimum Gasteiger partial charge on any atom is -0.368 e. The normalized spacial score (nSPS) is 18.6. The summed E-state index contributed by atoms with van der Waals surface area (Å²) in [7, 11) is 0. The molecule has 6 heteroatoms. The monoisotopic (exact) mass is 268 g/mol. The summed E-state index contributed by atoms with van der Waals surface area (Å²) in [6, 6.07) is 2.45. The molecule has 1 saturated heterocycles. The van der Waals surface area contributed by atoms with Gasteiger partial charge in [-0.15, -0.1) is 0 Å². The van der Waals surface area contributed by atoms with Gasteiger partial charge in [0, 0.05) is 12.6 Å². The number of benzene rings is 1. The maximum Gasteiger partial charge on any atom is 0.240 e. The zero-order valence-corrected chi connectivity index (χ0v) is 10.2. The molecule has 0 spiro atoms. The van der Waals surface area contributed by atoms with E-state index in [0.717, 1.165) is 12.1 Å². The highest BCUT2D eigenvalue weighted by Crippen LogP contribution is 2.19. The molecule has 0 radical (unpaired) electrons. The van der Waals surface area contributed by atoms with Gasteiger partial charge in [-0.05, 0) is 24.5 Å². The number of hydrogen-bond acceptors (Lipinski definition) is 2. The molecule has 4 nitrogen and oxygen atoms in total. The molecule has 0 aliphatic carbocycles. The number of nitrogens with two attached hydrogens (primary N) is 1. The van der Waals surface area contributed by atoms with Crippen LogP contribution >= 0.6 is 0 Å². The molecule has 1 aliphatic heterocycles. The molecule has 102 valence electrons. The lowest BCUT2D eigenvalue weighted by Gasteiger charge is -2.22. The number of rotatable bonds is 3. The van der Waals surface area contributed by atoms with Gasteiger partial charge in [0.05, 0.1) is 6.42 Å². The summed E-state index contributed by atoms with van der Waals surface area (Å²) in [4.78, 5) is 24.6. The molecule has 1 fully saturated rings. The summed E-state index contributed by atoms with van der Waals surface area (Å²) >= 11 is 0. The Hall–Kier alpha value is -1.98. The molecule has 0 aromatic heterocycles. The molecule has 1 aromatic rings. The Kier molecular flexibility index (Phi) is 3.78. The van der Waals surface area contributed by atoms with Crippen molar-refractivity contribution in [2.75, 3.05) is 6.54 Å². The zero-order chi connectivity index (χ0) is 14.0. The molecule has 1 aromatic carbocycles. The van der Waals surface area contributed by atoms with E-state index in [-0.39, 0.29) is 17.9 Å². The third kappa shape index (κ3) is 2.89. The van der Waals surface area contributed by atoms with Crippen molar-refractivity contribution in [1.82, 2.24) is 4.90 Å². The number of likely N-dealkylation sites (tertiary alicyclic amines) is 1. The maximum absolute atomic E-state index is 13.5. The van der Waals surface area contributed by atoms with Crippen molar-refractivity contribution in [3.63, 3.8) is 0 Å². The van der Waals surface area contributed by atoms with Gasteiger partial charge < -0.3 is 10.6 Å². The summed E-state index contributed by atoms with van der Waals surface area (Å²) in [5.74, 6) is -2.37. The summed E-state index contributed by atoms with van der Waals surface area (Å²) in [6.45, 7) is 0.440. The Morgan fingerprint density at radius 2 is 2.11 bits per heavy atom. The number of amides is 2. The molecule has 1 heterocycles. The van der Waals surface area contributed by atoms with Crippen molar-refractivity contribution in [3.8, 4) is 0 Å². The Morgan fingerprint density at radius 1 is 1.37 bits per heavy atom. The number of nitrogens with zero attached hydrogens (tertiary/aromatic N) is 1. The van der Waals surface area contributed by atoms with Crippen molar-refractivity contribution in [2.45, 2.75) is 25.3 Å². The van der Waals surface area contributed by atoms with E-state index < -0.39 is 23.6 Å². The van der Waals surface area contributed by atoms with Gasteiger partial charge in [-0.25, -0.2) is 8.78 Å². The maximum atomic E-state index is 13.5. The minimum absolute atomic E-state index is 0.113. The Balaban J connectivity index is 2.10. The summed E-state index contributed by atoms with van der Waals surface area (Å²) in [5, 5.41) is 0. The van der Waals surface area contributed by atoms with Crippen LogP contribution in [0.25, 0.3) is 0 Å². The van der Waals surface area contributed by atoms with Crippen LogP contribution in [0.15, 0.2) is 18.2 Å². The first-order valence-electron chi connectivity index (χ1n) is 6.01. The van der Waals surface area contributed by atoms with E-state index in [2.05, 4.69) is 0 Å². The van der Waals surface area contributed by atoms with Crippen LogP contribution in [0.4, 0.5) is 8.78 Å². The fourth-order valence-electron chi connectivity index (χ4n) is 2.29. The fraction of sp³-hybridized carbons (Fsp3) is 0.385. The molecule has 0 saturated carbocycles. The van der Waals surface area contributed by atoms with Gasteiger partial charge in [-0.1, -0.05) is 6.07 Å². The van der Waals surface area contributed by atoms with Gasteiger partial charge in [0.25, 0.3) is 0 Å². The van der Waals surface area contributed by atoms with Gasteiger partial charge in [0.1, 0.15) is 17.7 Å². The Bertz CT molecular complexity index is 519. The highest BCUT2D eigenvalue weighted by molar-refractivity contribution is 5.88. The van der Waals surface area contributed by atoms with Crippen molar-refractivity contribution < 1.29 is 18.4 Å². The van der Waals surface area contributed by atoms with E-state index in [0.29, 0.717) is 19.4 Å². The van der Waals surface area contributed by atoms with E-state index in [1.54, 1.807) is 0 Å². The third-order valence-corrected chi connectivity index (χ3v) is 3.26. The number of carbonyl (C=O) groups is 2. The highest BCUT2D eigenvalue weighted by atomic mass is 19.1. The number of carbonyl (C=O) groups excluding carboxylic acids is 2. The fourth-order valence-corrected chi connectivity index (χ4v) is 2.29. The summed E-state index contributed by atoms with van der Waals surface area (Å²) < 4.78 is 26.2. The lowest BCUT2D eigenvalue weighted by atomic mass is 10.1. The van der Waals surface area contributed by atoms with E-state index in [1.165, 1.54) is 11.0 Å². The Labute approximate surface area is 109 Å². The van der Waals surface area contributed by atoms with E-state index >= 15 is 0 Å². The number of halogens is 2. The molecule has 2 rings (SSSR count). The van der Waals surface area contributed by atoms with Gasteiger partial charge in [0.2, 0.25) is 11.8 Å². The molecular weight excluding hydrogens is 254 g/mol. The topological polar surface area (TPSA) is 63.4 Å². The van der Waals surface area contributed by atoms with E-state index in [4.69, 9.17) is 5.73 Å². The molecule has 2 N–H and O–H groups in total. The predicted octanol–water partition coefficient (Wildman–Crippen LogP) is 0.984. The van der Waals surface area contributed by atoms with Crippen molar-refractivity contribution in [3.05, 3.63) is 35.4 Å². The molecular formula is C13H14F2N2O2. The van der Waals surface area contributed by atoms with Crippen molar-refractivity contribution >= 4 is 11.8 Å². The molecule has 0 bridgehead atoms. The highest BCUT2D eigenvalue weighted by Gasteiger charge is 2.32. The van der Waals surface area contributed by atoms with Crippen LogP contribution in [0.1, 0.15) is 18.4 Å². The predicted molar refractivity (Wildman–Crippen MR) is 64.0 cm³/mol. The SMILES string of the molecule is NC(=O)C1CCCN1C(=O)Cc1ccc(F)cc1F. The van der Waals surface area contributed by atoms with Crippen LogP contribution in [0.2, 0.25) is 0 Å². The van der Waals surface area contributed by atoms with Crippen LogP contribution in [-0.4, -0.2) is 29.3 Å². The molecule has 1 unspecified atom stereocenters. The summed E-state index contributed by atoms with van der Waals surface area (Å²) in [6.07, 6.45) is 1.04. The lowest BCUT2D eigenvalue weighted by Crippen LogP contribution is -2.44. The van der Waals surface area contributed by atoms with Crippen molar-refractivity contribution in [2.24, 2.45) is 5.73 Å². The molecule has 2 amide bonds. The third-order valence-electron chi connectivity index (χ3n) is 3.26. The van der Waals surface area contributed by atoms with Crippen LogP contribution in [0, 0.1) is 11.6 Å². The standard InChI is InChI=1S/C13H14F2N2O2/c14-9-4-3-8(10(15)7-9)6-12(18)17-5-1-2-11(17)13(16)19/h3-4,7,11H,1-2,5-6H2,(H2,16,19). The average Bonchev–Trinajstić information content (AvgIpc) is 2.82. The van der Waals surface area contributed by atoms with E-state index in [1.807, 2.05) is 0 Å². The van der Waals surface area contributed by atoms with Crippen LogP contribution < -0.4 is 5.73 Å².